The standard InChI is InChI=1S/C80H116N6O12S6/c1-21-81(99(87,88)75-59(9)35-53(3)36-60(75)10)29-23-25-31-83(101(91,92)77-63(13)39-55(5)40-64(77)14)49-71-47-73(71)51-85(103(95,96)79-67(17)43-57(7)44-68(79)18)33-27-28-34-86(104(97,98)80-69(19)45-58(8)46-70(80)20)52-74-48-72(74)50-84(102(93,94)78-65(15)41-56(6)42-66(78)16)32-26-24-30-82(22-2)100(89,90)76-61(11)37-54(4)38-62(76)12/h35-46,71-74H,21-34,47-52H2,1-20H3/t71-,72+,73-,74+. The van der Waals surface area contributed by atoms with Crippen molar-refractivity contribution in [1.82, 2.24) is 25.8 Å². The van der Waals surface area contributed by atoms with Gasteiger partial charge in [-0.3, -0.25) is 0 Å². The van der Waals surface area contributed by atoms with Gasteiger partial charge in [0.15, 0.2) is 0 Å². The van der Waals surface area contributed by atoms with Crippen molar-refractivity contribution >= 4 is 60.1 Å². The van der Waals surface area contributed by atoms with Crippen molar-refractivity contribution in [1.29, 1.82) is 0 Å². The summed E-state index contributed by atoms with van der Waals surface area (Å²) >= 11 is 0. The van der Waals surface area contributed by atoms with E-state index in [1.807, 2.05) is 114 Å². The molecule has 0 heterocycles. The first kappa shape index (κ1) is 84.4. The quantitative estimate of drug-likeness (QED) is 0.0332. The van der Waals surface area contributed by atoms with Crippen LogP contribution in [-0.4, -0.2) is 155 Å². The summed E-state index contributed by atoms with van der Waals surface area (Å²) in [4.78, 5) is 1.41. The minimum absolute atomic E-state index is 0.0426. The number of unbranched alkanes of at least 4 members (excludes halogenated alkanes) is 3. The normalized spacial score (nSPS) is 16.9. The summed E-state index contributed by atoms with van der Waals surface area (Å²) < 4.78 is 188. The Bertz CT molecular complexity index is 4460. The fourth-order valence-electron chi connectivity index (χ4n) is 16.6. The van der Waals surface area contributed by atoms with Gasteiger partial charge in [-0.1, -0.05) is 120 Å². The van der Waals surface area contributed by atoms with E-state index in [1.54, 1.807) is 96.9 Å². The number of sulfonamides is 6. The highest BCUT2D eigenvalue weighted by Crippen LogP contribution is 2.45. The molecule has 0 aliphatic heterocycles. The molecule has 0 bridgehead atoms. The molecule has 0 spiro atoms. The molecule has 8 rings (SSSR count). The van der Waals surface area contributed by atoms with Crippen molar-refractivity contribution in [3.8, 4) is 0 Å². The smallest absolute Gasteiger partial charge is 0.207 e. The van der Waals surface area contributed by atoms with Crippen LogP contribution in [0, 0.1) is 148 Å². The summed E-state index contributed by atoms with van der Waals surface area (Å²) in [5, 5.41) is 0. The average Bonchev–Trinajstić information content (AvgIpc) is 1.51. The van der Waals surface area contributed by atoms with Crippen molar-refractivity contribution in [3.05, 3.63) is 173 Å². The van der Waals surface area contributed by atoms with Gasteiger partial charge in [0, 0.05) is 78.5 Å². The molecule has 0 amide bonds. The van der Waals surface area contributed by atoms with E-state index in [1.165, 1.54) is 25.8 Å². The molecule has 0 N–H and O–H groups in total. The van der Waals surface area contributed by atoms with E-state index in [4.69, 9.17) is 0 Å². The summed E-state index contributed by atoms with van der Waals surface area (Å²) in [6, 6.07) is 22.3. The third kappa shape index (κ3) is 19.1. The minimum atomic E-state index is -4.20. The molecule has 6 aromatic rings. The Hall–Kier alpha value is -5.22. The molecule has 18 nitrogen and oxygen atoms in total. The Kier molecular flexibility index (Phi) is 27.4. The summed E-state index contributed by atoms with van der Waals surface area (Å²) in [5.41, 5.74) is 13.1. The van der Waals surface area contributed by atoms with Crippen LogP contribution in [0.4, 0.5) is 0 Å². The van der Waals surface area contributed by atoms with Crippen LogP contribution < -0.4 is 0 Å². The largest absolute Gasteiger partial charge is 0.243 e. The Morgan fingerprint density at radius 1 is 0.231 bits per heavy atom. The number of aryl methyl sites for hydroxylation is 18. The number of hydrogen-bond acceptors (Lipinski definition) is 12. The average molecular weight is 1550 g/mol. The zero-order chi connectivity index (χ0) is 77.3. The molecule has 104 heavy (non-hydrogen) atoms. The van der Waals surface area contributed by atoms with Crippen molar-refractivity contribution in [2.75, 3.05) is 78.5 Å². The number of benzene rings is 6. The van der Waals surface area contributed by atoms with E-state index >= 15 is 33.7 Å². The highest BCUT2D eigenvalue weighted by Gasteiger charge is 2.46. The van der Waals surface area contributed by atoms with Gasteiger partial charge in [-0.15, -0.1) is 0 Å². The van der Waals surface area contributed by atoms with E-state index in [-0.39, 0.29) is 144 Å². The topological polar surface area (TPSA) is 224 Å². The molecule has 6 aromatic carbocycles. The van der Waals surface area contributed by atoms with Gasteiger partial charge in [-0.25, -0.2) is 50.5 Å². The molecule has 0 aromatic heterocycles. The lowest BCUT2D eigenvalue weighted by Gasteiger charge is -2.28. The number of hydrogen-bond donors (Lipinski definition) is 0. The number of rotatable bonds is 37. The van der Waals surface area contributed by atoms with Crippen molar-refractivity contribution in [2.24, 2.45) is 23.7 Å². The van der Waals surface area contributed by atoms with E-state index in [2.05, 4.69) is 0 Å². The van der Waals surface area contributed by atoms with Gasteiger partial charge in [0.05, 0.1) is 29.4 Å². The first-order chi connectivity index (χ1) is 48.4. The maximum absolute atomic E-state index is 15.4. The summed E-state index contributed by atoms with van der Waals surface area (Å²) in [6.45, 7) is 38.2. The van der Waals surface area contributed by atoms with Crippen molar-refractivity contribution < 1.29 is 50.5 Å². The highest BCUT2D eigenvalue weighted by molar-refractivity contribution is 7.90. The van der Waals surface area contributed by atoms with Crippen LogP contribution in [0.2, 0.25) is 0 Å². The lowest BCUT2D eigenvalue weighted by molar-refractivity contribution is 0.330. The Morgan fingerprint density at radius 2 is 0.356 bits per heavy atom. The van der Waals surface area contributed by atoms with Gasteiger partial charge < -0.3 is 0 Å². The van der Waals surface area contributed by atoms with Gasteiger partial charge in [0.2, 0.25) is 60.1 Å². The second-order valence-electron chi connectivity index (χ2n) is 30.4. The van der Waals surface area contributed by atoms with Crippen molar-refractivity contribution in [3.63, 3.8) is 0 Å². The van der Waals surface area contributed by atoms with Crippen LogP contribution in [0.5, 0.6) is 0 Å². The molecule has 574 valence electrons. The molecule has 2 saturated carbocycles. The monoisotopic (exact) mass is 1540 g/mol. The van der Waals surface area contributed by atoms with Crippen LogP contribution in [0.15, 0.2) is 102 Å². The van der Waals surface area contributed by atoms with Crippen LogP contribution in [-0.2, 0) is 60.1 Å². The maximum Gasteiger partial charge on any atom is 0.243 e. The van der Waals surface area contributed by atoms with E-state index in [0.29, 0.717) is 105 Å². The zero-order valence-electron chi connectivity index (χ0n) is 65.4. The van der Waals surface area contributed by atoms with Gasteiger partial charge in [0.1, 0.15) is 0 Å². The predicted octanol–water partition coefficient (Wildman–Crippen LogP) is 14.3. The van der Waals surface area contributed by atoms with Crippen LogP contribution in [0.3, 0.4) is 0 Å². The highest BCUT2D eigenvalue weighted by atomic mass is 32.2. The third-order valence-electron chi connectivity index (χ3n) is 21.0. The predicted molar refractivity (Wildman–Crippen MR) is 419 cm³/mol. The van der Waals surface area contributed by atoms with Crippen LogP contribution in [0.1, 0.15) is 165 Å². The van der Waals surface area contributed by atoms with Crippen LogP contribution >= 0.6 is 0 Å². The Labute approximate surface area is 626 Å². The molecule has 0 radical (unpaired) electrons. The molecular weight excluding hydrogens is 1430 g/mol. The zero-order valence-corrected chi connectivity index (χ0v) is 70.3. The first-order valence-electron chi connectivity index (χ1n) is 36.9. The lowest BCUT2D eigenvalue weighted by atomic mass is 10.1. The molecule has 2 aliphatic rings. The Morgan fingerprint density at radius 3 is 0.490 bits per heavy atom. The van der Waals surface area contributed by atoms with Gasteiger partial charge >= 0.3 is 0 Å². The molecule has 2 fully saturated rings. The van der Waals surface area contributed by atoms with Gasteiger partial charge in [0.25, 0.3) is 0 Å². The molecule has 2 aliphatic carbocycles. The second-order valence-corrected chi connectivity index (χ2v) is 41.7. The van der Waals surface area contributed by atoms with E-state index in [9.17, 15) is 16.8 Å². The second kappa shape index (κ2) is 33.7. The summed E-state index contributed by atoms with van der Waals surface area (Å²) in [7, 11) is -24.4. The fourth-order valence-corrected chi connectivity index (χ4v) is 28.2. The number of nitrogens with zero attached hydrogens (tertiary/aromatic N) is 6. The van der Waals surface area contributed by atoms with E-state index < -0.39 is 60.1 Å². The fraction of sp³-hybridized carbons (Fsp3) is 0.550. The van der Waals surface area contributed by atoms with Crippen LogP contribution in [0.25, 0.3) is 0 Å². The molecule has 4 atom stereocenters. The first-order valence-corrected chi connectivity index (χ1v) is 45.5. The third-order valence-corrected chi connectivity index (χ3v) is 34.3. The SMILES string of the molecule is CCN(CCCCN(C[C@H]1C[C@@H]1CN(CCCCN(C[C@@H]1C[C@H]1CN(CCCCN(CC)S(=O)(=O)c1c(C)cc(C)cc1C)S(=O)(=O)c1c(C)cc(C)cc1C)S(=O)(=O)c1c(C)cc(C)cc1C)S(=O)(=O)c1c(C)cc(C)cc1C)S(=O)(=O)c1c(C)cc(C)cc1C)S(=O)(=O)c1c(C)cc(C)cc1C. The summed E-state index contributed by atoms with van der Waals surface area (Å²) in [6.07, 6.45) is 3.15. The van der Waals surface area contributed by atoms with E-state index in [0.717, 1.165) is 33.4 Å². The molecule has 0 unspecified atom stereocenters. The minimum Gasteiger partial charge on any atom is -0.207 e. The Balaban J connectivity index is 1.03. The molecule has 0 saturated heterocycles. The molecule has 24 heteroatoms. The van der Waals surface area contributed by atoms with Crippen molar-refractivity contribution in [2.45, 2.75) is 219 Å². The summed E-state index contributed by atoms with van der Waals surface area (Å²) in [5.74, 6) is -0.889. The molecular formula is C80H116N6O12S6. The van der Waals surface area contributed by atoms with Gasteiger partial charge in [-0.2, -0.15) is 25.8 Å². The maximum atomic E-state index is 15.4. The lowest BCUT2D eigenvalue weighted by Crippen LogP contribution is -2.38. The van der Waals surface area contributed by atoms with Gasteiger partial charge in [-0.05, 0) is 266 Å².